The Balaban J connectivity index is 1.92. The maximum absolute atomic E-state index is 5.14. The van der Waals surface area contributed by atoms with Crippen LogP contribution >= 0.6 is 0 Å². The van der Waals surface area contributed by atoms with E-state index < -0.39 is 0 Å². The van der Waals surface area contributed by atoms with Gasteiger partial charge in [-0.05, 0) is 24.1 Å². The van der Waals surface area contributed by atoms with Crippen LogP contribution in [0.1, 0.15) is 11.4 Å². The van der Waals surface area contributed by atoms with Crippen LogP contribution in [0.15, 0.2) is 30.6 Å². The summed E-state index contributed by atoms with van der Waals surface area (Å²) in [5.74, 6) is 1.87. The number of benzene rings is 1. The number of nitrogens with zero attached hydrogens (tertiary/aromatic N) is 3. The van der Waals surface area contributed by atoms with Crippen LogP contribution < -0.4 is 4.74 Å². The first-order valence-electron chi connectivity index (χ1n) is 6.32. The number of aryl methyl sites for hydroxylation is 2. The van der Waals surface area contributed by atoms with Crippen molar-refractivity contribution in [1.29, 1.82) is 0 Å². The van der Waals surface area contributed by atoms with Crippen molar-refractivity contribution in [2.45, 2.75) is 19.4 Å². The maximum Gasteiger partial charge on any atom is 0.133 e. The second-order valence-electron chi connectivity index (χ2n) is 4.28. The minimum atomic E-state index is 0.674. The van der Waals surface area contributed by atoms with Crippen molar-refractivity contribution in [3.8, 4) is 5.75 Å². The summed E-state index contributed by atoms with van der Waals surface area (Å²) in [4.78, 5) is 0. The molecule has 0 bridgehead atoms. The lowest BCUT2D eigenvalue weighted by Crippen LogP contribution is -2.08. The van der Waals surface area contributed by atoms with Crippen molar-refractivity contribution in [2.75, 3.05) is 20.8 Å². The average molecular weight is 261 g/mol. The summed E-state index contributed by atoms with van der Waals surface area (Å²) in [7, 11) is 3.37. The SMILES string of the molecule is COCCn1cnnc1CCc1ccc(OC)cc1. The molecule has 0 N–H and O–H groups in total. The van der Waals surface area contributed by atoms with E-state index in [4.69, 9.17) is 9.47 Å². The van der Waals surface area contributed by atoms with Crippen LogP contribution in [0.4, 0.5) is 0 Å². The van der Waals surface area contributed by atoms with Gasteiger partial charge < -0.3 is 14.0 Å². The molecule has 0 saturated carbocycles. The molecule has 2 aromatic rings. The van der Waals surface area contributed by atoms with Gasteiger partial charge in [0.1, 0.15) is 17.9 Å². The molecule has 1 aromatic carbocycles. The second-order valence-corrected chi connectivity index (χ2v) is 4.28. The van der Waals surface area contributed by atoms with Gasteiger partial charge >= 0.3 is 0 Å². The van der Waals surface area contributed by atoms with Gasteiger partial charge in [0.25, 0.3) is 0 Å². The molecule has 0 aliphatic carbocycles. The third kappa shape index (κ3) is 3.79. The van der Waals surface area contributed by atoms with Crippen LogP contribution in [-0.4, -0.2) is 35.6 Å². The van der Waals surface area contributed by atoms with Crippen LogP contribution in [0, 0.1) is 0 Å². The molecule has 0 aliphatic heterocycles. The molecule has 102 valence electrons. The Morgan fingerprint density at radius 3 is 2.58 bits per heavy atom. The fourth-order valence-corrected chi connectivity index (χ4v) is 1.90. The van der Waals surface area contributed by atoms with Crippen LogP contribution in [0.5, 0.6) is 5.75 Å². The molecular formula is C14H19N3O2. The minimum Gasteiger partial charge on any atom is -0.497 e. The summed E-state index contributed by atoms with van der Waals surface area (Å²) < 4.78 is 12.2. The normalized spacial score (nSPS) is 10.6. The predicted octanol–water partition coefficient (Wildman–Crippen LogP) is 1.72. The summed E-state index contributed by atoms with van der Waals surface area (Å²) in [5.41, 5.74) is 1.27. The number of methoxy groups -OCH3 is 2. The predicted molar refractivity (Wildman–Crippen MR) is 72.3 cm³/mol. The van der Waals surface area contributed by atoms with E-state index in [-0.39, 0.29) is 0 Å². The fourth-order valence-electron chi connectivity index (χ4n) is 1.90. The Kier molecular flexibility index (Phi) is 4.92. The van der Waals surface area contributed by atoms with E-state index in [9.17, 15) is 0 Å². The Hall–Kier alpha value is -1.88. The van der Waals surface area contributed by atoms with E-state index in [2.05, 4.69) is 22.3 Å². The highest BCUT2D eigenvalue weighted by atomic mass is 16.5. The molecule has 0 aliphatic rings. The molecule has 0 radical (unpaired) electrons. The van der Waals surface area contributed by atoms with Gasteiger partial charge in [0.15, 0.2) is 0 Å². The lowest BCUT2D eigenvalue weighted by molar-refractivity contribution is 0.186. The van der Waals surface area contributed by atoms with E-state index >= 15 is 0 Å². The van der Waals surface area contributed by atoms with Crippen molar-refractivity contribution >= 4 is 0 Å². The highest BCUT2D eigenvalue weighted by molar-refractivity contribution is 5.27. The molecule has 1 heterocycles. The number of aromatic nitrogens is 3. The molecule has 0 saturated heterocycles. The number of hydrogen-bond donors (Lipinski definition) is 0. The molecule has 5 heteroatoms. The van der Waals surface area contributed by atoms with E-state index in [1.807, 2.05) is 16.7 Å². The summed E-state index contributed by atoms with van der Waals surface area (Å²) in [5, 5.41) is 8.10. The van der Waals surface area contributed by atoms with E-state index in [0.29, 0.717) is 6.61 Å². The first-order valence-corrected chi connectivity index (χ1v) is 6.32. The Morgan fingerprint density at radius 1 is 1.11 bits per heavy atom. The van der Waals surface area contributed by atoms with Gasteiger partial charge in [0, 0.05) is 20.1 Å². The van der Waals surface area contributed by atoms with Crippen molar-refractivity contribution in [1.82, 2.24) is 14.8 Å². The van der Waals surface area contributed by atoms with Crippen molar-refractivity contribution in [3.63, 3.8) is 0 Å². The molecule has 0 unspecified atom stereocenters. The number of hydrogen-bond acceptors (Lipinski definition) is 4. The van der Waals surface area contributed by atoms with Gasteiger partial charge in [-0.15, -0.1) is 10.2 Å². The molecule has 0 atom stereocenters. The molecular weight excluding hydrogens is 242 g/mol. The van der Waals surface area contributed by atoms with E-state index in [1.165, 1.54) is 5.56 Å². The van der Waals surface area contributed by atoms with Gasteiger partial charge in [-0.3, -0.25) is 0 Å². The average Bonchev–Trinajstić information content (AvgIpc) is 2.91. The quantitative estimate of drug-likeness (QED) is 0.761. The van der Waals surface area contributed by atoms with Crippen LogP contribution in [0.3, 0.4) is 0 Å². The van der Waals surface area contributed by atoms with Crippen molar-refractivity contribution in [2.24, 2.45) is 0 Å². The monoisotopic (exact) mass is 261 g/mol. The summed E-state index contributed by atoms with van der Waals surface area (Å²) >= 11 is 0. The topological polar surface area (TPSA) is 49.2 Å². The van der Waals surface area contributed by atoms with Gasteiger partial charge in [0.2, 0.25) is 0 Å². The molecule has 0 amide bonds. The zero-order chi connectivity index (χ0) is 13.5. The molecule has 0 fully saturated rings. The van der Waals surface area contributed by atoms with Crippen molar-refractivity contribution in [3.05, 3.63) is 42.0 Å². The summed E-state index contributed by atoms with van der Waals surface area (Å²) in [6.07, 6.45) is 3.56. The molecule has 1 aromatic heterocycles. The lowest BCUT2D eigenvalue weighted by atomic mass is 10.1. The largest absolute Gasteiger partial charge is 0.497 e. The second kappa shape index (κ2) is 6.89. The van der Waals surface area contributed by atoms with Crippen LogP contribution in [-0.2, 0) is 24.1 Å². The standard InChI is InChI=1S/C14H19N3O2/c1-18-10-9-17-11-15-16-14(17)8-5-12-3-6-13(19-2)7-4-12/h3-4,6-7,11H,5,8-10H2,1-2H3. The third-order valence-corrected chi connectivity index (χ3v) is 3.03. The van der Waals surface area contributed by atoms with Gasteiger partial charge in [-0.25, -0.2) is 0 Å². The fraction of sp³-hybridized carbons (Fsp3) is 0.429. The maximum atomic E-state index is 5.14. The van der Waals surface area contributed by atoms with E-state index in [0.717, 1.165) is 31.0 Å². The Bertz CT molecular complexity index is 494. The van der Waals surface area contributed by atoms with Gasteiger partial charge in [-0.1, -0.05) is 12.1 Å². The molecule has 19 heavy (non-hydrogen) atoms. The van der Waals surface area contributed by atoms with Gasteiger partial charge in [-0.2, -0.15) is 0 Å². The Labute approximate surface area is 113 Å². The highest BCUT2D eigenvalue weighted by Crippen LogP contribution is 2.13. The third-order valence-electron chi connectivity index (χ3n) is 3.03. The van der Waals surface area contributed by atoms with Gasteiger partial charge in [0.05, 0.1) is 13.7 Å². The zero-order valence-electron chi connectivity index (χ0n) is 11.4. The van der Waals surface area contributed by atoms with Crippen molar-refractivity contribution < 1.29 is 9.47 Å². The summed E-state index contributed by atoms with van der Waals surface area (Å²) in [6, 6.07) is 8.11. The minimum absolute atomic E-state index is 0.674. The number of rotatable bonds is 7. The first kappa shape index (κ1) is 13.5. The Morgan fingerprint density at radius 2 is 1.89 bits per heavy atom. The van der Waals surface area contributed by atoms with Crippen LogP contribution in [0.2, 0.25) is 0 Å². The molecule has 2 rings (SSSR count). The summed E-state index contributed by atoms with van der Waals surface area (Å²) in [6.45, 7) is 1.47. The smallest absolute Gasteiger partial charge is 0.133 e. The van der Waals surface area contributed by atoms with Crippen LogP contribution in [0.25, 0.3) is 0 Å². The first-order chi connectivity index (χ1) is 9.33. The molecule has 5 nitrogen and oxygen atoms in total. The lowest BCUT2D eigenvalue weighted by Gasteiger charge is -2.06. The molecule has 0 spiro atoms. The van der Waals surface area contributed by atoms with E-state index in [1.54, 1.807) is 20.5 Å². The number of ether oxygens (including phenoxy) is 2. The zero-order valence-corrected chi connectivity index (χ0v) is 11.4. The highest BCUT2D eigenvalue weighted by Gasteiger charge is 2.04.